The first kappa shape index (κ1) is 15.0. The van der Waals surface area contributed by atoms with E-state index in [1.807, 2.05) is 0 Å². The molecule has 116 valence electrons. The molecule has 0 radical (unpaired) electrons. The molecule has 0 spiro atoms. The smallest absolute Gasteiger partial charge is 0.0622 e. The van der Waals surface area contributed by atoms with Crippen LogP contribution >= 0.6 is 0 Å². The molecule has 2 saturated heterocycles. The molecule has 3 nitrogen and oxygen atoms in total. The molecule has 0 aliphatic carbocycles. The van der Waals surface area contributed by atoms with Crippen LogP contribution < -0.4 is 5.32 Å². The molecular weight excluding hydrogens is 260 g/mol. The lowest BCUT2D eigenvalue weighted by Crippen LogP contribution is -2.64. The van der Waals surface area contributed by atoms with Crippen LogP contribution in [0.4, 0.5) is 0 Å². The number of hydrogen-bond acceptors (Lipinski definition) is 3. The minimum absolute atomic E-state index is 0.0369. The zero-order valence-corrected chi connectivity index (χ0v) is 13.5. The summed E-state index contributed by atoms with van der Waals surface area (Å²) in [4.78, 5) is 2.71. The molecule has 2 aliphatic rings. The van der Waals surface area contributed by atoms with E-state index in [-0.39, 0.29) is 5.54 Å². The van der Waals surface area contributed by atoms with Crippen LogP contribution in [0.25, 0.3) is 0 Å². The fourth-order valence-corrected chi connectivity index (χ4v) is 3.79. The zero-order chi connectivity index (χ0) is 14.9. The Kier molecular flexibility index (Phi) is 4.34. The summed E-state index contributed by atoms with van der Waals surface area (Å²) in [5.74, 6) is 0.665. The van der Waals surface area contributed by atoms with Crippen LogP contribution in [0, 0.1) is 5.92 Å². The molecule has 1 N–H and O–H groups in total. The van der Waals surface area contributed by atoms with Crippen molar-refractivity contribution in [1.82, 2.24) is 10.2 Å². The van der Waals surface area contributed by atoms with E-state index in [9.17, 15) is 0 Å². The van der Waals surface area contributed by atoms with E-state index >= 15 is 0 Å². The van der Waals surface area contributed by atoms with Gasteiger partial charge in [-0.2, -0.15) is 0 Å². The third-order valence-electron chi connectivity index (χ3n) is 5.18. The summed E-state index contributed by atoms with van der Waals surface area (Å²) in [5.41, 5.74) is 1.42. The number of benzene rings is 1. The van der Waals surface area contributed by atoms with Gasteiger partial charge in [0, 0.05) is 31.8 Å². The van der Waals surface area contributed by atoms with Crippen LogP contribution in [0.15, 0.2) is 30.3 Å². The molecule has 2 heterocycles. The van der Waals surface area contributed by atoms with Gasteiger partial charge in [-0.1, -0.05) is 44.2 Å². The predicted octanol–water partition coefficient (Wildman–Crippen LogP) is 2.62. The second-order valence-corrected chi connectivity index (χ2v) is 7.08. The first-order valence-corrected chi connectivity index (χ1v) is 8.24. The SMILES string of the molecule is CC(C)C1CNC(C)(c2ccccc2)CN1C1CCOC1. The van der Waals surface area contributed by atoms with Crippen molar-refractivity contribution in [3.8, 4) is 0 Å². The van der Waals surface area contributed by atoms with E-state index in [0.717, 1.165) is 26.3 Å². The minimum Gasteiger partial charge on any atom is -0.380 e. The molecule has 21 heavy (non-hydrogen) atoms. The van der Waals surface area contributed by atoms with Gasteiger partial charge in [0.2, 0.25) is 0 Å². The van der Waals surface area contributed by atoms with Gasteiger partial charge in [-0.25, -0.2) is 0 Å². The maximum absolute atomic E-state index is 5.65. The third kappa shape index (κ3) is 3.01. The number of ether oxygens (including phenoxy) is 1. The highest BCUT2D eigenvalue weighted by atomic mass is 16.5. The van der Waals surface area contributed by atoms with E-state index < -0.39 is 0 Å². The Labute approximate surface area is 128 Å². The van der Waals surface area contributed by atoms with Crippen LogP contribution in [0.1, 0.15) is 32.8 Å². The highest BCUT2D eigenvalue weighted by molar-refractivity contribution is 5.25. The summed E-state index contributed by atoms with van der Waals surface area (Å²) >= 11 is 0. The van der Waals surface area contributed by atoms with Crippen LogP contribution in [0.5, 0.6) is 0 Å². The lowest BCUT2D eigenvalue weighted by Gasteiger charge is -2.50. The summed E-state index contributed by atoms with van der Waals surface area (Å²) in [6.45, 7) is 10.9. The third-order valence-corrected chi connectivity index (χ3v) is 5.18. The van der Waals surface area contributed by atoms with Crippen LogP contribution in [0.3, 0.4) is 0 Å². The van der Waals surface area contributed by atoms with E-state index in [2.05, 4.69) is 61.3 Å². The normalized spacial score (nSPS) is 34.5. The lowest BCUT2D eigenvalue weighted by molar-refractivity contribution is 0.0200. The van der Waals surface area contributed by atoms with Gasteiger partial charge in [0.05, 0.1) is 12.1 Å². The van der Waals surface area contributed by atoms with Gasteiger partial charge < -0.3 is 10.1 Å². The molecule has 1 aromatic carbocycles. The van der Waals surface area contributed by atoms with Gasteiger partial charge in [0.25, 0.3) is 0 Å². The number of nitrogens with one attached hydrogen (secondary N) is 1. The van der Waals surface area contributed by atoms with Crippen molar-refractivity contribution in [2.45, 2.75) is 44.8 Å². The molecule has 2 fully saturated rings. The average molecular weight is 288 g/mol. The fraction of sp³-hybridized carbons (Fsp3) is 0.667. The molecule has 3 rings (SSSR count). The Morgan fingerprint density at radius 3 is 2.67 bits per heavy atom. The summed E-state index contributed by atoms with van der Waals surface area (Å²) in [7, 11) is 0. The summed E-state index contributed by atoms with van der Waals surface area (Å²) in [6.07, 6.45) is 1.17. The predicted molar refractivity (Wildman–Crippen MR) is 86.4 cm³/mol. The monoisotopic (exact) mass is 288 g/mol. The molecule has 3 heteroatoms. The van der Waals surface area contributed by atoms with Gasteiger partial charge >= 0.3 is 0 Å². The molecule has 0 bridgehead atoms. The Morgan fingerprint density at radius 2 is 2.05 bits per heavy atom. The summed E-state index contributed by atoms with van der Waals surface area (Å²) in [6, 6.07) is 12.0. The number of piperazine rings is 1. The minimum atomic E-state index is 0.0369. The molecule has 3 atom stereocenters. The first-order chi connectivity index (χ1) is 10.1. The number of rotatable bonds is 3. The van der Waals surface area contributed by atoms with Crippen LogP contribution in [-0.4, -0.2) is 43.3 Å². The first-order valence-electron chi connectivity index (χ1n) is 8.24. The Bertz CT molecular complexity index is 456. The Balaban J connectivity index is 1.84. The maximum atomic E-state index is 5.65. The quantitative estimate of drug-likeness (QED) is 0.925. The second-order valence-electron chi connectivity index (χ2n) is 7.08. The van der Waals surface area contributed by atoms with Crippen molar-refractivity contribution < 1.29 is 4.74 Å². The van der Waals surface area contributed by atoms with Gasteiger partial charge in [-0.05, 0) is 24.8 Å². The van der Waals surface area contributed by atoms with E-state index in [0.29, 0.717) is 18.0 Å². The highest BCUT2D eigenvalue weighted by Gasteiger charge is 2.41. The topological polar surface area (TPSA) is 24.5 Å². The molecule has 0 aromatic heterocycles. The zero-order valence-electron chi connectivity index (χ0n) is 13.5. The molecule has 0 amide bonds. The van der Waals surface area contributed by atoms with Gasteiger partial charge in [-0.15, -0.1) is 0 Å². The van der Waals surface area contributed by atoms with Crippen molar-refractivity contribution in [2.75, 3.05) is 26.3 Å². The molecular formula is C18H28N2O. The van der Waals surface area contributed by atoms with Crippen molar-refractivity contribution in [3.05, 3.63) is 35.9 Å². The summed E-state index contributed by atoms with van der Waals surface area (Å²) < 4.78 is 5.65. The molecule has 0 saturated carbocycles. The lowest BCUT2D eigenvalue weighted by atomic mass is 9.85. The maximum Gasteiger partial charge on any atom is 0.0622 e. The molecule has 1 aromatic rings. The van der Waals surface area contributed by atoms with Crippen LogP contribution in [0.2, 0.25) is 0 Å². The Hall–Kier alpha value is -0.900. The van der Waals surface area contributed by atoms with Crippen molar-refractivity contribution in [1.29, 1.82) is 0 Å². The fourth-order valence-electron chi connectivity index (χ4n) is 3.79. The largest absolute Gasteiger partial charge is 0.380 e. The summed E-state index contributed by atoms with van der Waals surface area (Å²) in [5, 5.41) is 3.81. The molecule has 2 aliphatic heterocycles. The van der Waals surface area contributed by atoms with Gasteiger partial charge in [0.1, 0.15) is 0 Å². The molecule has 3 unspecified atom stereocenters. The van der Waals surface area contributed by atoms with Crippen molar-refractivity contribution in [2.24, 2.45) is 5.92 Å². The van der Waals surface area contributed by atoms with Crippen LogP contribution in [-0.2, 0) is 10.3 Å². The van der Waals surface area contributed by atoms with Gasteiger partial charge in [-0.3, -0.25) is 4.90 Å². The van der Waals surface area contributed by atoms with E-state index in [4.69, 9.17) is 4.74 Å². The number of hydrogen-bond donors (Lipinski definition) is 1. The van der Waals surface area contributed by atoms with Crippen molar-refractivity contribution in [3.63, 3.8) is 0 Å². The second kappa shape index (κ2) is 6.07. The highest BCUT2D eigenvalue weighted by Crippen LogP contribution is 2.31. The van der Waals surface area contributed by atoms with Gasteiger partial charge in [0.15, 0.2) is 0 Å². The van der Waals surface area contributed by atoms with E-state index in [1.165, 1.54) is 12.0 Å². The Morgan fingerprint density at radius 1 is 1.29 bits per heavy atom. The standard InChI is InChI=1S/C18H28N2O/c1-14(2)17-11-19-18(3,15-7-5-4-6-8-15)13-20(17)16-9-10-21-12-16/h4-8,14,16-17,19H,9-13H2,1-3H3. The average Bonchev–Trinajstić information content (AvgIpc) is 3.02. The number of nitrogens with zero attached hydrogens (tertiary/aromatic N) is 1. The van der Waals surface area contributed by atoms with E-state index in [1.54, 1.807) is 0 Å². The van der Waals surface area contributed by atoms with Crippen molar-refractivity contribution >= 4 is 0 Å².